The first kappa shape index (κ1) is 13.4. The number of hydrogen-bond acceptors (Lipinski definition) is 2. The van der Waals surface area contributed by atoms with Crippen LogP contribution in [-0.2, 0) is 0 Å². The van der Waals surface area contributed by atoms with Crippen LogP contribution >= 0.6 is 0 Å². The third kappa shape index (κ3) is 3.03. The topological polar surface area (TPSA) is 15.3 Å². The molecule has 100 valence electrons. The molecule has 0 bridgehead atoms. The summed E-state index contributed by atoms with van der Waals surface area (Å²) < 4.78 is 0. The van der Waals surface area contributed by atoms with Crippen LogP contribution in [0, 0.1) is 11.8 Å². The second-order valence-electron chi connectivity index (χ2n) is 6.30. The molecule has 0 aromatic heterocycles. The molecule has 2 nitrogen and oxygen atoms in total. The molecule has 17 heavy (non-hydrogen) atoms. The molecular weight excluding hydrogens is 208 g/mol. The Bertz CT molecular complexity index is 227. The average molecular weight is 238 g/mol. The van der Waals surface area contributed by atoms with Gasteiger partial charge in [0.25, 0.3) is 0 Å². The Balaban J connectivity index is 1.81. The molecule has 1 saturated heterocycles. The van der Waals surface area contributed by atoms with E-state index in [1.54, 1.807) is 0 Å². The van der Waals surface area contributed by atoms with Gasteiger partial charge >= 0.3 is 0 Å². The van der Waals surface area contributed by atoms with Gasteiger partial charge in [0, 0.05) is 12.1 Å². The fourth-order valence-electron chi connectivity index (χ4n) is 3.63. The molecule has 1 heterocycles. The maximum Gasteiger partial charge on any atom is 0.0139 e. The lowest BCUT2D eigenvalue weighted by atomic mass is 9.77. The Morgan fingerprint density at radius 2 is 2.06 bits per heavy atom. The summed E-state index contributed by atoms with van der Waals surface area (Å²) in [6.07, 6.45) is 7.01. The second kappa shape index (κ2) is 6.19. The third-order valence-electron chi connectivity index (χ3n) is 4.75. The van der Waals surface area contributed by atoms with Crippen LogP contribution in [0.15, 0.2) is 0 Å². The van der Waals surface area contributed by atoms with E-state index in [-0.39, 0.29) is 0 Å². The lowest BCUT2D eigenvalue weighted by Crippen LogP contribution is -2.53. The zero-order valence-corrected chi connectivity index (χ0v) is 11.9. The van der Waals surface area contributed by atoms with Crippen molar-refractivity contribution in [3.05, 3.63) is 0 Å². The van der Waals surface area contributed by atoms with E-state index in [4.69, 9.17) is 0 Å². The van der Waals surface area contributed by atoms with E-state index in [0.717, 1.165) is 23.9 Å². The van der Waals surface area contributed by atoms with Gasteiger partial charge in [-0.3, -0.25) is 4.90 Å². The fourth-order valence-corrected chi connectivity index (χ4v) is 3.63. The summed E-state index contributed by atoms with van der Waals surface area (Å²) in [5.41, 5.74) is 0. The lowest BCUT2D eigenvalue weighted by molar-refractivity contribution is 0.0375. The van der Waals surface area contributed by atoms with Crippen molar-refractivity contribution in [3.8, 4) is 0 Å². The summed E-state index contributed by atoms with van der Waals surface area (Å²) in [4.78, 5) is 2.84. The fraction of sp³-hybridized carbons (Fsp3) is 1.00. The minimum atomic E-state index is 0.836. The summed E-state index contributed by atoms with van der Waals surface area (Å²) in [5, 5.41) is 3.61. The van der Waals surface area contributed by atoms with Crippen LogP contribution in [0.2, 0.25) is 0 Å². The highest BCUT2D eigenvalue weighted by Gasteiger charge is 2.40. The first-order valence-electron chi connectivity index (χ1n) is 7.70. The van der Waals surface area contributed by atoms with Crippen molar-refractivity contribution < 1.29 is 0 Å². The maximum atomic E-state index is 3.61. The number of hydrogen-bond donors (Lipinski definition) is 1. The smallest absolute Gasteiger partial charge is 0.0139 e. The predicted octanol–water partition coefficient (Wildman–Crippen LogP) is 2.89. The summed E-state index contributed by atoms with van der Waals surface area (Å²) in [7, 11) is 0. The van der Waals surface area contributed by atoms with E-state index in [0.29, 0.717) is 0 Å². The molecule has 0 spiro atoms. The van der Waals surface area contributed by atoms with Crippen LogP contribution in [0.25, 0.3) is 0 Å². The molecule has 2 aliphatic rings. The molecule has 0 aromatic carbocycles. The zero-order valence-electron chi connectivity index (χ0n) is 11.9. The van der Waals surface area contributed by atoms with Gasteiger partial charge in [-0.15, -0.1) is 0 Å². The molecule has 0 radical (unpaired) electrons. The monoisotopic (exact) mass is 238 g/mol. The second-order valence-corrected chi connectivity index (χ2v) is 6.30. The SMILES string of the molecule is CCCNCC1CCC1N1CCCC1C(C)C. The van der Waals surface area contributed by atoms with Crippen molar-refractivity contribution >= 4 is 0 Å². The first-order valence-corrected chi connectivity index (χ1v) is 7.70. The van der Waals surface area contributed by atoms with E-state index >= 15 is 0 Å². The Labute approximate surface area is 107 Å². The van der Waals surface area contributed by atoms with Gasteiger partial charge in [-0.1, -0.05) is 20.8 Å². The van der Waals surface area contributed by atoms with Crippen molar-refractivity contribution in [1.29, 1.82) is 0 Å². The van der Waals surface area contributed by atoms with Gasteiger partial charge in [-0.25, -0.2) is 0 Å². The highest BCUT2D eigenvalue weighted by atomic mass is 15.2. The molecule has 3 unspecified atom stereocenters. The van der Waals surface area contributed by atoms with Crippen LogP contribution in [-0.4, -0.2) is 36.6 Å². The molecule has 0 amide bonds. The van der Waals surface area contributed by atoms with Gasteiger partial charge < -0.3 is 5.32 Å². The summed E-state index contributed by atoms with van der Waals surface area (Å²) in [6.45, 7) is 10.8. The van der Waals surface area contributed by atoms with Crippen LogP contribution in [0.3, 0.4) is 0 Å². The minimum Gasteiger partial charge on any atom is -0.316 e. The molecule has 1 aliphatic heterocycles. The zero-order chi connectivity index (χ0) is 12.3. The van der Waals surface area contributed by atoms with Gasteiger partial charge in [0.2, 0.25) is 0 Å². The first-order chi connectivity index (χ1) is 8.24. The molecule has 1 saturated carbocycles. The number of likely N-dealkylation sites (tertiary alicyclic amines) is 1. The Morgan fingerprint density at radius 3 is 2.65 bits per heavy atom. The molecule has 1 aliphatic carbocycles. The van der Waals surface area contributed by atoms with Gasteiger partial charge in [-0.05, 0) is 63.6 Å². The Kier molecular flexibility index (Phi) is 4.87. The molecule has 2 heteroatoms. The normalized spacial score (nSPS) is 34.2. The van der Waals surface area contributed by atoms with Gasteiger partial charge in [0.1, 0.15) is 0 Å². The summed E-state index contributed by atoms with van der Waals surface area (Å²) >= 11 is 0. The molecular formula is C15H30N2. The molecule has 2 fully saturated rings. The van der Waals surface area contributed by atoms with E-state index in [1.807, 2.05) is 0 Å². The van der Waals surface area contributed by atoms with Gasteiger partial charge in [-0.2, -0.15) is 0 Å². The highest BCUT2D eigenvalue weighted by molar-refractivity contribution is 4.95. The molecule has 1 N–H and O–H groups in total. The van der Waals surface area contributed by atoms with Crippen molar-refractivity contribution in [3.63, 3.8) is 0 Å². The van der Waals surface area contributed by atoms with Crippen LogP contribution in [0.4, 0.5) is 0 Å². The quantitative estimate of drug-likeness (QED) is 0.716. The predicted molar refractivity (Wildman–Crippen MR) is 74.2 cm³/mol. The maximum absolute atomic E-state index is 3.61. The van der Waals surface area contributed by atoms with Crippen molar-refractivity contribution in [2.75, 3.05) is 19.6 Å². The number of rotatable bonds is 6. The Hall–Kier alpha value is -0.0800. The third-order valence-corrected chi connectivity index (χ3v) is 4.75. The van der Waals surface area contributed by atoms with E-state index < -0.39 is 0 Å². The van der Waals surface area contributed by atoms with Gasteiger partial charge in [0.05, 0.1) is 0 Å². The average Bonchev–Trinajstić information content (AvgIpc) is 2.71. The number of nitrogens with one attached hydrogen (secondary N) is 1. The summed E-state index contributed by atoms with van der Waals surface area (Å²) in [6, 6.07) is 1.77. The molecule has 3 atom stereocenters. The largest absolute Gasteiger partial charge is 0.316 e. The van der Waals surface area contributed by atoms with Crippen molar-refractivity contribution in [1.82, 2.24) is 10.2 Å². The van der Waals surface area contributed by atoms with Crippen LogP contribution in [0.1, 0.15) is 52.9 Å². The van der Waals surface area contributed by atoms with Crippen molar-refractivity contribution in [2.45, 2.75) is 65.0 Å². The Morgan fingerprint density at radius 1 is 1.24 bits per heavy atom. The van der Waals surface area contributed by atoms with Crippen LogP contribution < -0.4 is 5.32 Å². The van der Waals surface area contributed by atoms with E-state index in [1.165, 1.54) is 51.7 Å². The standard InChI is InChI=1S/C15H30N2/c1-4-9-16-11-13-7-8-15(13)17-10-5-6-14(17)12(2)3/h12-16H,4-11H2,1-3H3. The minimum absolute atomic E-state index is 0.836. The van der Waals surface area contributed by atoms with Gasteiger partial charge in [0.15, 0.2) is 0 Å². The van der Waals surface area contributed by atoms with E-state index in [2.05, 4.69) is 31.0 Å². The molecule has 2 rings (SSSR count). The number of nitrogens with zero attached hydrogens (tertiary/aromatic N) is 1. The lowest BCUT2D eigenvalue weighted by Gasteiger charge is -2.46. The summed E-state index contributed by atoms with van der Waals surface area (Å²) in [5.74, 6) is 1.77. The highest BCUT2D eigenvalue weighted by Crippen LogP contribution is 2.37. The van der Waals surface area contributed by atoms with E-state index in [9.17, 15) is 0 Å². The molecule has 0 aromatic rings. The van der Waals surface area contributed by atoms with Crippen molar-refractivity contribution in [2.24, 2.45) is 11.8 Å². The van der Waals surface area contributed by atoms with Crippen LogP contribution in [0.5, 0.6) is 0 Å².